The Bertz CT molecular complexity index is 544. The molecule has 5 nitrogen and oxygen atoms in total. The number of ether oxygens (including phenoxy) is 1. The lowest BCUT2D eigenvalue weighted by Gasteiger charge is -2.24. The second-order valence-electron chi connectivity index (χ2n) is 4.72. The summed E-state index contributed by atoms with van der Waals surface area (Å²) in [5, 5.41) is 0. The maximum absolute atomic E-state index is 12.4. The van der Waals surface area contributed by atoms with E-state index < -0.39 is 15.6 Å². The van der Waals surface area contributed by atoms with Gasteiger partial charge in [-0.25, -0.2) is 13.1 Å². The van der Waals surface area contributed by atoms with E-state index in [1.165, 1.54) is 6.07 Å². The van der Waals surface area contributed by atoms with Crippen LogP contribution in [0.1, 0.15) is 20.8 Å². The third kappa shape index (κ3) is 4.45. The van der Waals surface area contributed by atoms with Gasteiger partial charge in [-0.2, -0.15) is 0 Å². The first-order chi connectivity index (χ1) is 8.72. The van der Waals surface area contributed by atoms with Crippen molar-refractivity contribution in [3.05, 3.63) is 22.7 Å². The predicted octanol–water partition coefficient (Wildman–Crippen LogP) is 1.86. The van der Waals surface area contributed by atoms with Crippen molar-refractivity contribution in [2.45, 2.75) is 31.2 Å². The number of benzene rings is 1. The zero-order chi connectivity index (χ0) is 14.7. The third-order valence-corrected chi connectivity index (χ3v) is 4.63. The molecule has 1 aromatic rings. The second kappa shape index (κ2) is 6.21. The summed E-state index contributed by atoms with van der Waals surface area (Å²) < 4.78 is 33.4. The monoisotopic (exact) mass is 350 g/mol. The minimum atomic E-state index is -3.69. The Kier molecular flexibility index (Phi) is 5.37. The SMILES string of the molecule is CCOc1ccc(Br)cc1S(=O)(=O)NC(C)(C)CN. The van der Waals surface area contributed by atoms with Crippen LogP contribution < -0.4 is 15.2 Å². The van der Waals surface area contributed by atoms with E-state index in [2.05, 4.69) is 20.7 Å². The highest BCUT2D eigenvalue weighted by Crippen LogP contribution is 2.28. The quantitative estimate of drug-likeness (QED) is 0.820. The van der Waals surface area contributed by atoms with Crippen LogP contribution in [0.2, 0.25) is 0 Å². The highest BCUT2D eigenvalue weighted by Gasteiger charge is 2.27. The van der Waals surface area contributed by atoms with Crippen LogP contribution in [0.3, 0.4) is 0 Å². The standard InChI is InChI=1S/C12H19BrN2O3S/c1-4-18-10-6-5-9(13)7-11(10)19(16,17)15-12(2,3)8-14/h5-7,15H,4,8,14H2,1-3H3. The van der Waals surface area contributed by atoms with Gasteiger partial charge in [0.1, 0.15) is 10.6 Å². The molecule has 1 rings (SSSR count). The summed E-state index contributed by atoms with van der Waals surface area (Å²) in [7, 11) is -3.69. The highest BCUT2D eigenvalue weighted by atomic mass is 79.9. The molecule has 0 amide bonds. The van der Waals surface area contributed by atoms with E-state index in [1.54, 1.807) is 32.9 Å². The van der Waals surface area contributed by atoms with E-state index in [4.69, 9.17) is 10.5 Å². The predicted molar refractivity (Wildman–Crippen MR) is 78.8 cm³/mol. The molecule has 19 heavy (non-hydrogen) atoms. The molecule has 7 heteroatoms. The van der Waals surface area contributed by atoms with Crippen molar-refractivity contribution in [3.63, 3.8) is 0 Å². The zero-order valence-electron chi connectivity index (χ0n) is 11.2. The molecular weight excluding hydrogens is 332 g/mol. The molecule has 0 saturated carbocycles. The van der Waals surface area contributed by atoms with Crippen LogP contribution in [0.5, 0.6) is 5.75 Å². The van der Waals surface area contributed by atoms with Crippen LogP contribution in [-0.4, -0.2) is 27.1 Å². The van der Waals surface area contributed by atoms with Gasteiger partial charge in [0.15, 0.2) is 0 Å². The van der Waals surface area contributed by atoms with Crippen LogP contribution in [0.15, 0.2) is 27.6 Å². The van der Waals surface area contributed by atoms with Crippen molar-refractivity contribution in [2.75, 3.05) is 13.2 Å². The lowest BCUT2D eigenvalue weighted by molar-refractivity contribution is 0.330. The molecule has 0 spiro atoms. The van der Waals surface area contributed by atoms with Gasteiger partial charge in [0.05, 0.1) is 6.61 Å². The first-order valence-corrected chi connectivity index (χ1v) is 8.16. The van der Waals surface area contributed by atoms with E-state index in [1.807, 2.05) is 0 Å². The summed E-state index contributed by atoms with van der Waals surface area (Å²) in [6, 6.07) is 4.87. The van der Waals surface area contributed by atoms with Crippen LogP contribution >= 0.6 is 15.9 Å². The largest absolute Gasteiger partial charge is 0.492 e. The molecule has 0 radical (unpaired) electrons. The number of hydrogen-bond donors (Lipinski definition) is 2. The number of halogens is 1. The zero-order valence-corrected chi connectivity index (χ0v) is 13.6. The number of hydrogen-bond acceptors (Lipinski definition) is 4. The molecule has 0 aromatic heterocycles. The first kappa shape index (κ1) is 16.4. The topological polar surface area (TPSA) is 81.4 Å². The van der Waals surface area contributed by atoms with Crippen molar-refractivity contribution >= 4 is 26.0 Å². The lowest BCUT2D eigenvalue weighted by atomic mass is 10.1. The summed E-state index contributed by atoms with van der Waals surface area (Å²) in [6.45, 7) is 5.84. The fourth-order valence-electron chi connectivity index (χ4n) is 1.43. The van der Waals surface area contributed by atoms with E-state index in [9.17, 15) is 8.42 Å². The molecular formula is C12H19BrN2O3S. The molecule has 3 N–H and O–H groups in total. The highest BCUT2D eigenvalue weighted by molar-refractivity contribution is 9.10. The molecule has 0 aliphatic rings. The minimum Gasteiger partial charge on any atom is -0.492 e. The van der Waals surface area contributed by atoms with Gasteiger partial charge in [0, 0.05) is 16.6 Å². The van der Waals surface area contributed by atoms with Gasteiger partial charge >= 0.3 is 0 Å². The van der Waals surface area contributed by atoms with Gasteiger partial charge < -0.3 is 10.5 Å². The lowest BCUT2D eigenvalue weighted by Crippen LogP contribution is -2.48. The Morgan fingerprint density at radius 1 is 1.42 bits per heavy atom. The van der Waals surface area contributed by atoms with Gasteiger partial charge in [-0.3, -0.25) is 0 Å². The number of nitrogens with two attached hydrogens (primary N) is 1. The molecule has 0 heterocycles. The van der Waals surface area contributed by atoms with Crippen molar-refractivity contribution < 1.29 is 13.2 Å². The smallest absolute Gasteiger partial charge is 0.244 e. The minimum absolute atomic E-state index is 0.102. The fourth-order valence-corrected chi connectivity index (χ4v) is 3.53. The van der Waals surface area contributed by atoms with Crippen molar-refractivity contribution in [1.82, 2.24) is 4.72 Å². The van der Waals surface area contributed by atoms with Crippen molar-refractivity contribution in [3.8, 4) is 5.75 Å². The van der Waals surface area contributed by atoms with Crippen molar-refractivity contribution in [2.24, 2.45) is 5.73 Å². The maximum Gasteiger partial charge on any atom is 0.244 e. The van der Waals surface area contributed by atoms with Crippen LogP contribution in [-0.2, 0) is 10.0 Å². The Balaban J connectivity index is 3.23. The van der Waals surface area contributed by atoms with Gasteiger partial charge in [0.2, 0.25) is 10.0 Å². The first-order valence-electron chi connectivity index (χ1n) is 5.88. The summed E-state index contributed by atoms with van der Waals surface area (Å²) >= 11 is 3.26. The molecule has 0 aliphatic carbocycles. The second-order valence-corrected chi connectivity index (χ2v) is 7.28. The molecule has 0 saturated heterocycles. The van der Waals surface area contributed by atoms with Crippen LogP contribution in [0.25, 0.3) is 0 Å². The van der Waals surface area contributed by atoms with E-state index in [-0.39, 0.29) is 11.4 Å². The third-order valence-electron chi connectivity index (χ3n) is 2.42. The van der Waals surface area contributed by atoms with Gasteiger partial charge in [-0.05, 0) is 39.0 Å². The molecule has 0 aliphatic heterocycles. The average Bonchev–Trinajstić information content (AvgIpc) is 2.30. The van der Waals surface area contributed by atoms with Crippen LogP contribution in [0, 0.1) is 0 Å². The summed E-state index contributed by atoms with van der Waals surface area (Å²) in [4.78, 5) is 0.102. The molecule has 0 atom stereocenters. The van der Waals surface area contributed by atoms with Crippen molar-refractivity contribution in [1.29, 1.82) is 0 Å². The Hall–Kier alpha value is -0.630. The Labute approximate surface area is 122 Å². The number of sulfonamides is 1. The summed E-state index contributed by atoms with van der Waals surface area (Å²) in [5.41, 5.74) is 4.83. The number of rotatable bonds is 6. The Morgan fingerprint density at radius 2 is 2.05 bits per heavy atom. The van der Waals surface area contributed by atoms with E-state index in [0.29, 0.717) is 16.8 Å². The average molecular weight is 351 g/mol. The molecule has 0 bridgehead atoms. The molecule has 0 fully saturated rings. The Morgan fingerprint density at radius 3 is 2.58 bits per heavy atom. The molecule has 108 valence electrons. The normalized spacial score (nSPS) is 12.5. The molecule has 1 aromatic carbocycles. The summed E-state index contributed by atoms with van der Waals surface area (Å²) in [6.07, 6.45) is 0. The molecule has 0 unspecified atom stereocenters. The summed E-state index contributed by atoms with van der Waals surface area (Å²) in [5.74, 6) is 0.325. The number of nitrogens with one attached hydrogen (secondary N) is 1. The van der Waals surface area contributed by atoms with Gasteiger partial charge in [0.25, 0.3) is 0 Å². The van der Waals surface area contributed by atoms with Gasteiger partial charge in [-0.15, -0.1) is 0 Å². The van der Waals surface area contributed by atoms with Crippen LogP contribution in [0.4, 0.5) is 0 Å². The fraction of sp³-hybridized carbons (Fsp3) is 0.500. The van der Waals surface area contributed by atoms with Gasteiger partial charge in [-0.1, -0.05) is 15.9 Å². The van der Waals surface area contributed by atoms with E-state index in [0.717, 1.165) is 0 Å². The van der Waals surface area contributed by atoms with E-state index >= 15 is 0 Å². The maximum atomic E-state index is 12.4.